The lowest BCUT2D eigenvalue weighted by molar-refractivity contribution is 0.173. The smallest absolute Gasteiger partial charge is 0.322 e. The first-order valence-electron chi connectivity index (χ1n) is 6.32. The van der Waals surface area contributed by atoms with E-state index < -0.39 is 0 Å². The molecule has 0 aromatic rings. The molecule has 1 aliphatic heterocycles. The molecule has 1 heterocycles. The number of hydrogen-bond acceptors (Lipinski definition) is 5. The summed E-state index contributed by atoms with van der Waals surface area (Å²) in [5.41, 5.74) is 0. The van der Waals surface area contributed by atoms with Gasteiger partial charge in [0.1, 0.15) is 0 Å². The van der Waals surface area contributed by atoms with Gasteiger partial charge in [-0.2, -0.15) is 11.8 Å². The van der Waals surface area contributed by atoms with Crippen LogP contribution in [-0.2, 0) is 0 Å². The van der Waals surface area contributed by atoms with Crippen LogP contribution in [0, 0.1) is 5.92 Å². The number of carbonyl (C=O) groups is 1. The molecule has 2 aliphatic rings. The van der Waals surface area contributed by atoms with Crippen LogP contribution in [0.25, 0.3) is 0 Å². The number of fused-ring (bicyclic) bond motifs is 2. The van der Waals surface area contributed by atoms with E-state index in [9.17, 15) is 4.79 Å². The molecule has 2 atom stereocenters. The Kier molecular flexibility index (Phi) is 5.23. The standard InChI is InChI=1S/C12H22N2OS4/c1-16-11-6-5-9(12(11,17-2)18-3)7-14(8-11)10(15)13-19-4/h9H,5-8H2,1-4H3,(H,13,15). The summed E-state index contributed by atoms with van der Waals surface area (Å²) in [6, 6.07) is 0.0774. The van der Waals surface area contributed by atoms with E-state index in [-0.39, 0.29) is 14.9 Å². The van der Waals surface area contributed by atoms with Gasteiger partial charge in [0, 0.05) is 25.3 Å². The third kappa shape index (κ3) is 2.38. The fraction of sp³-hybridized carbons (Fsp3) is 0.917. The van der Waals surface area contributed by atoms with Crippen LogP contribution < -0.4 is 4.72 Å². The van der Waals surface area contributed by atoms with Gasteiger partial charge >= 0.3 is 6.03 Å². The summed E-state index contributed by atoms with van der Waals surface area (Å²) >= 11 is 7.35. The van der Waals surface area contributed by atoms with E-state index >= 15 is 0 Å². The van der Waals surface area contributed by atoms with Crippen molar-refractivity contribution in [1.82, 2.24) is 9.62 Å². The molecule has 1 aliphatic carbocycles. The maximum Gasteiger partial charge on any atom is 0.327 e. The molecule has 19 heavy (non-hydrogen) atoms. The third-order valence-corrected chi connectivity index (χ3v) is 10.2. The maximum atomic E-state index is 12.1. The highest BCUT2D eigenvalue weighted by molar-refractivity contribution is 8.19. The van der Waals surface area contributed by atoms with Crippen molar-refractivity contribution in [2.75, 3.05) is 38.1 Å². The fourth-order valence-electron chi connectivity index (χ4n) is 3.59. The van der Waals surface area contributed by atoms with Gasteiger partial charge in [-0.05, 0) is 31.6 Å². The Morgan fingerprint density at radius 1 is 1.21 bits per heavy atom. The number of urea groups is 1. The van der Waals surface area contributed by atoms with Gasteiger partial charge in [-0.25, -0.2) is 4.79 Å². The van der Waals surface area contributed by atoms with Crippen LogP contribution in [0.3, 0.4) is 0 Å². The molecule has 2 bridgehead atoms. The Morgan fingerprint density at radius 3 is 2.42 bits per heavy atom. The van der Waals surface area contributed by atoms with Crippen molar-refractivity contribution >= 4 is 53.3 Å². The average molecular weight is 339 g/mol. The van der Waals surface area contributed by atoms with E-state index in [0.717, 1.165) is 13.1 Å². The summed E-state index contributed by atoms with van der Waals surface area (Å²) < 4.78 is 3.33. The van der Waals surface area contributed by atoms with Crippen molar-refractivity contribution in [2.45, 2.75) is 21.7 Å². The number of rotatable bonds is 4. The Hall–Kier alpha value is 0.670. The second-order valence-corrected chi connectivity index (χ2v) is 9.17. The minimum absolute atomic E-state index is 0.0774. The van der Waals surface area contributed by atoms with Gasteiger partial charge in [0.15, 0.2) is 0 Å². The van der Waals surface area contributed by atoms with Gasteiger partial charge in [0.2, 0.25) is 0 Å². The molecule has 2 fully saturated rings. The topological polar surface area (TPSA) is 32.3 Å². The van der Waals surface area contributed by atoms with E-state index in [1.54, 1.807) is 0 Å². The van der Waals surface area contributed by atoms with Crippen LogP contribution >= 0.6 is 47.2 Å². The van der Waals surface area contributed by atoms with Crippen LogP contribution in [0.2, 0.25) is 0 Å². The Balaban J connectivity index is 2.26. The van der Waals surface area contributed by atoms with E-state index in [2.05, 4.69) is 23.5 Å². The number of piperidine rings is 1. The van der Waals surface area contributed by atoms with Gasteiger partial charge in [-0.1, -0.05) is 11.9 Å². The lowest BCUT2D eigenvalue weighted by Crippen LogP contribution is -2.61. The van der Waals surface area contributed by atoms with Gasteiger partial charge in [-0.3, -0.25) is 4.72 Å². The number of thioether (sulfide) groups is 3. The van der Waals surface area contributed by atoms with E-state index in [4.69, 9.17) is 0 Å². The lowest BCUT2D eigenvalue weighted by atomic mass is 9.96. The average Bonchev–Trinajstić information content (AvgIpc) is 2.59. The predicted octanol–water partition coefficient (Wildman–Crippen LogP) is 3.22. The van der Waals surface area contributed by atoms with Gasteiger partial charge < -0.3 is 4.90 Å². The summed E-state index contributed by atoms with van der Waals surface area (Å²) in [6.45, 7) is 1.77. The highest BCUT2D eigenvalue weighted by atomic mass is 32.2. The number of carbonyl (C=O) groups excluding carboxylic acids is 1. The summed E-state index contributed by atoms with van der Waals surface area (Å²) in [5, 5.41) is 0. The molecule has 0 radical (unpaired) electrons. The van der Waals surface area contributed by atoms with Crippen LogP contribution in [0.4, 0.5) is 4.79 Å². The molecule has 110 valence electrons. The molecule has 1 saturated carbocycles. The third-order valence-electron chi connectivity index (χ3n) is 4.43. The molecular weight excluding hydrogens is 316 g/mol. The van der Waals surface area contributed by atoms with Crippen LogP contribution in [0.5, 0.6) is 0 Å². The van der Waals surface area contributed by atoms with Crippen LogP contribution in [0.1, 0.15) is 12.8 Å². The Morgan fingerprint density at radius 2 is 1.89 bits per heavy atom. The van der Waals surface area contributed by atoms with Crippen molar-refractivity contribution < 1.29 is 4.79 Å². The Labute approximate surface area is 133 Å². The second-order valence-electron chi connectivity index (χ2n) is 5.00. The van der Waals surface area contributed by atoms with E-state index in [0.29, 0.717) is 5.92 Å². The second kappa shape index (κ2) is 6.20. The van der Waals surface area contributed by atoms with Crippen LogP contribution in [-0.4, -0.2) is 57.9 Å². The molecule has 0 aromatic carbocycles. The van der Waals surface area contributed by atoms with Crippen molar-refractivity contribution in [2.24, 2.45) is 5.92 Å². The molecule has 1 N–H and O–H groups in total. The van der Waals surface area contributed by atoms with Crippen LogP contribution in [0.15, 0.2) is 0 Å². The number of hydrogen-bond donors (Lipinski definition) is 1. The molecule has 3 nitrogen and oxygen atoms in total. The van der Waals surface area contributed by atoms with Crippen molar-refractivity contribution in [1.29, 1.82) is 0 Å². The molecule has 2 rings (SSSR count). The lowest BCUT2D eigenvalue weighted by Gasteiger charge is -2.52. The van der Waals surface area contributed by atoms with Gasteiger partial charge in [-0.15, -0.1) is 23.5 Å². The molecule has 0 spiro atoms. The minimum atomic E-state index is 0.0774. The van der Waals surface area contributed by atoms with E-state index in [1.807, 2.05) is 46.4 Å². The fourth-order valence-corrected chi connectivity index (χ4v) is 8.74. The van der Waals surface area contributed by atoms with Crippen molar-refractivity contribution in [3.8, 4) is 0 Å². The highest BCUT2D eigenvalue weighted by Crippen LogP contribution is 2.64. The SMILES string of the molecule is CSNC(=O)N1CC2CCC(SC)(C1)C2(SC)SC. The number of nitrogens with one attached hydrogen (secondary N) is 1. The molecule has 7 heteroatoms. The predicted molar refractivity (Wildman–Crippen MR) is 92.4 cm³/mol. The van der Waals surface area contributed by atoms with Gasteiger partial charge in [0.25, 0.3) is 0 Å². The zero-order valence-corrected chi connectivity index (χ0v) is 15.2. The quantitative estimate of drug-likeness (QED) is 0.628. The first-order chi connectivity index (χ1) is 9.09. The summed E-state index contributed by atoms with van der Waals surface area (Å²) in [7, 11) is 0. The van der Waals surface area contributed by atoms with E-state index in [1.165, 1.54) is 24.8 Å². The Bertz CT molecular complexity index is 351. The zero-order chi connectivity index (χ0) is 14.1. The molecule has 1 saturated heterocycles. The highest BCUT2D eigenvalue weighted by Gasteiger charge is 2.63. The maximum absolute atomic E-state index is 12.1. The molecule has 2 unspecified atom stereocenters. The van der Waals surface area contributed by atoms with Crippen molar-refractivity contribution in [3.63, 3.8) is 0 Å². The zero-order valence-electron chi connectivity index (χ0n) is 11.9. The monoisotopic (exact) mass is 338 g/mol. The number of amides is 2. The summed E-state index contributed by atoms with van der Waals surface area (Å²) in [6.07, 6.45) is 11.0. The summed E-state index contributed by atoms with van der Waals surface area (Å²) in [4.78, 5) is 14.2. The van der Waals surface area contributed by atoms with Gasteiger partial charge in [0.05, 0.1) is 8.83 Å². The first kappa shape index (κ1) is 16.0. The molecule has 0 aromatic heterocycles. The minimum Gasteiger partial charge on any atom is -0.322 e. The number of nitrogens with zero attached hydrogens (tertiary/aromatic N) is 1. The van der Waals surface area contributed by atoms with Crippen molar-refractivity contribution in [3.05, 3.63) is 0 Å². The first-order valence-corrected chi connectivity index (χ1v) is 11.2. The summed E-state index contributed by atoms with van der Waals surface area (Å²) in [5.74, 6) is 0.603. The largest absolute Gasteiger partial charge is 0.327 e. The normalized spacial score (nSPS) is 32.4. The molecular formula is C12H22N2OS4. The molecule has 2 amide bonds. The number of likely N-dealkylation sites (tertiary alicyclic amines) is 1.